The predicted molar refractivity (Wildman–Crippen MR) is 89.5 cm³/mol. The summed E-state index contributed by atoms with van der Waals surface area (Å²) >= 11 is 0. The molecule has 1 saturated carbocycles. The van der Waals surface area contributed by atoms with E-state index < -0.39 is 5.97 Å². The highest BCUT2D eigenvalue weighted by molar-refractivity contribution is 5.66. The zero-order valence-corrected chi connectivity index (χ0v) is 14.1. The summed E-state index contributed by atoms with van der Waals surface area (Å²) in [6.07, 6.45) is 19.3. The minimum Gasteiger partial charge on any atom is -0.481 e. The van der Waals surface area contributed by atoms with Gasteiger partial charge in [-0.05, 0) is 24.7 Å². The fourth-order valence-electron chi connectivity index (χ4n) is 3.42. The summed E-state index contributed by atoms with van der Waals surface area (Å²) in [4.78, 5) is 10.4. The van der Waals surface area contributed by atoms with Crippen molar-refractivity contribution in [2.24, 2.45) is 11.8 Å². The largest absolute Gasteiger partial charge is 0.481 e. The Balaban J connectivity index is 1.76. The third-order valence-electron chi connectivity index (χ3n) is 4.96. The van der Waals surface area contributed by atoms with Crippen LogP contribution in [0.25, 0.3) is 0 Å². The first kappa shape index (κ1) is 18.5. The molecule has 1 fully saturated rings. The second kappa shape index (κ2) is 12.1. The van der Waals surface area contributed by atoms with Crippen LogP contribution in [-0.4, -0.2) is 11.1 Å². The van der Waals surface area contributed by atoms with Crippen LogP contribution in [0.5, 0.6) is 0 Å². The van der Waals surface area contributed by atoms with Gasteiger partial charge in [-0.2, -0.15) is 0 Å². The van der Waals surface area contributed by atoms with E-state index in [9.17, 15) is 4.79 Å². The molecule has 0 aromatic carbocycles. The third-order valence-corrected chi connectivity index (χ3v) is 4.96. The molecule has 0 heterocycles. The van der Waals surface area contributed by atoms with Gasteiger partial charge < -0.3 is 5.11 Å². The van der Waals surface area contributed by atoms with E-state index in [2.05, 4.69) is 6.92 Å². The minimum absolute atomic E-state index is 0.357. The lowest BCUT2D eigenvalue weighted by Gasteiger charge is -2.02. The van der Waals surface area contributed by atoms with Gasteiger partial charge in [-0.1, -0.05) is 84.0 Å². The number of carboxylic acid groups (broad SMARTS) is 1. The van der Waals surface area contributed by atoms with Gasteiger partial charge in [-0.3, -0.25) is 4.79 Å². The van der Waals surface area contributed by atoms with E-state index >= 15 is 0 Å². The Morgan fingerprint density at radius 2 is 1.29 bits per heavy atom. The van der Waals surface area contributed by atoms with Gasteiger partial charge in [0.15, 0.2) is 0 Å². The molecule has 0 spiro atoms. The zero-order chi connectivity index (χ0) is 15.3. The van der Waals surface area contributed by atoms with Gasteiger partial charge in [-0.25, -0.2) is 0 Å². The maximum Gasteiger partial charge on any atom is 0.303 e. The normalized spacial score (nSPS) is 20.6. The highest BCUT2D eigenvalue weighted by Crippen LogP contribution is 2.45. The van der Waals surface area contributed by atoms with Crippen molar-refractivity contribution in [2.75, 3.05) is 0 Å². The Kier molecular flexibility index (Phi) is 10.6. The molecule has 2 unspecified atom stereocenters. The standard InChI is InChI=1S/C19H36O2/c1-2-3-4-5-6-7-8-9-10-13-17-16-18(17)14-11-12-15-19(20)21/h17-18H,2-16H2,1H3,(H,20,21). The molecule has 1 aliphatic rings. The first-order chi connectivity index (χ1) is 10.2. The number of unbranched alkanes of at least 4 members (excludes halogenated alkanes) is 9. The fraction of sp³-hybridized carbons (Fsp3) is 0.947. The molecular weight excluding hydrogens is 260 g/mol. The zero-order valence-electron chi connectivity index (χ0n) is 14.1. The predicted octanol–water partition coefficient (Wildman–Crippen LogP) is 6.19. The van der Waals surface area contributed by atoms with Crippen molar-refractivity contribution in [3.63, 3.8) is 0 Å². The van der Waals surface area contributed by atoms with Crippen LogP contribution in [0.4, 0.5) is 0 Å². The smallest absolute Gasteiger partial charge is 0.303 e. The number of carboxylic acids is 1. The van der Waals surface area contributed by atoms with Crippen molar-refractivity contribution in [3.05, 3.63) is 0 Å². The Hall–Kier alpha value is -0.530. The fourth-order valence-corrected chi connectivity index (χ4v) is 3.42. The molecule has 1 rings (SSSR count). The van der Waals surface area contributed by atoms with Crippen LogP contribution in [0.2, 0.25) is 0 Å². The Morgan fingerprint density at radius 1 is 0.810 bits per heavy atom. The lowest BCUT2D eigenvalue weighted by molar-refractivity contribution is -0.137. The molecule has 2 nitrogen and oxygen atoms in total. The van der Waals surface area contributed by atoms with Gasteiger partial charge in [0, 0.05) is 6.42 Å². The molecule has 21 heavy (non-hydrogen) atoms. The lowest BCUT2D eigenvalue weighted by atomic mass is 10.0. The van der Waals surface area contributed by atoms with Crippen molar-refractivity contribution in [2.45, 2.75) is 103 Å². The lowest BCUT2D eigenvalue weighted by Crippen LogP contribution is -1.94. The van der Waals surface area contributed by atoms with E-state index in [0.29, 0.717) is 6.42 Å². The summed E-state index contributed by atoms with van der Waals surface area (Å²) in [5.74, 6) is 1.28. The van der Waals surface area contributed by atoms with Gasteiger partial charge >= 0.3 is 5.97 Å². The summed E-state index contributed by atoms with van der Waals surface area (Å²) in [6.45, 7) is 2.28. The monoisotopic (exact) mass is 296 g/mol. The molecule has 0 saturated heterocycles. The van der Waals surface area contributed by atoms with Crippen LogP contribution in [0.1, 0.15) is 103 Å². The SMILES string of the molecule is CCCCCCCCCCCC1CC1CCCCC(=O)O. The quantitative estimate of drug-likeness (QED) is 0.366. The summed E-state index contributed by atoms with van der Waals surface area (Å²) in [6, 6.07) is 0. The Morgan fingerprint density at radius 3 is 1.81 bits per heavy atom. The van der Waals surface area contributed by atoms with E-state index in [-0.39, 0.29) is 0 Å². The van der Waals surface area contributed by atoms with Gasteiger partial charge in [0.05, 0.1) is 0 Å². The van der Waals surface area contributed by atoms with Gasteiger partial charge in [-0.15, -0.1) is 0 Å². The molecule has 0 aromatic heterocycles. The molecule has 0 aromatic rings. The summed E-state index contributed by atoms with van der Waals surface area (Å²) in [5, 5.41) is 8.59. The number of carbonyl (C=O) groups is 1. The van der Waals surface area contributed by atoms with E-state index in [1.54, 1.807) is 0 Å². The molecule has 124 valence electrons. The Bertz CT molecular complexity index is 262. The van der Waals surface area contributed by atoms with Crippen molar-refractivity contribution in [3.8, 4) is 0 Å². The van der Waals surface area contributed by atoms with Gasteiger partial charge in [0.2, 0.25) is 0 Å². The summed E-state index contributed by atoms with van der Waals surface area (Å²) in [5.41, 5.74) is 0. The van der Waals surface area contributed by atoms with E-state index in [1.165, 1.54) is 77.0 Å². The molecule has 0 aliphatic heterocycles. The van der Waals surface area contributed by atoms with Crippen LogP contribution in [0.3, 0.4) is 0 Å². The second-order valence-electron chi connectivity index (χ2n) is 7.01. The first-order valence-corrected chi connectivity index (χ1v) is 9.45. The van der Waals surface area contributed by atoms with E-state index in [0.717, 1.165) is 24.7 Å². The maximum absolute atomic E-state index is 10.4. The molecular formula is C19H36O2. The van der Waals surface area contributed by atoms with Crippen molar-refractivity contribution < 1.29 is 9.90 Å². The van der Waals surface area contributed by atoms with Gasteiger partial charge in [0.25, 0.3) is 0 Å². The van der Waals surface area contributed by atoms with Crippen molar-refractivity contribution in [1.82, 2.24) is 0 Å². The van der Waals surface area contributed by atoms with Gasteiger partial charge in [0.1, 0.15) is 0 Å². The summed E-state index contributed by atoms with van der Waals surface area (Å²) < 4.78 is 0. The van der Waals surface area contributed by atoms with Crippen molar-refractivity contribution >= 4 is 5.97 Å². The molecule has 2 atom stereocenters. The minimum atomic E-state index is -0.642. The molecule has 1 aliphatic carbocycles. The second-order valence-corrected chi connectivity index (χ2v) is 7.01. The number of aliphatic carboxylic acids is 1. The highest BCUT2D eigenvalue weighted by Gasteiger charge is 2.35. The van der Waals surface area contributed by atoms with E-state index in [4.69, 9.17) is 5.11 Å². The molecule has 0 amide bonds. The number of hydrogen-bond donors (Lipinski definition) is 1. The number of rotatable bonds is 15. The van der Waals surface area contributed by atoms with E-state index in [1.807, 2.05) is 0 Å². The first-order valence-electron chi connectivity index (χ1n) is 9.45. The van der Waals surface area contributed by atoms with Crippen LogP contribution in [0, 0.1) is 11.8 Å². The van der Waals surface area contributed by atoms with Crippen LogP contribution < -0.4 is 0 Å². The van der Waals surface area contributed by atoms with Crippen LogP contribution in [0.15, 0.2) is 0 Å². The maximum atomic E-state index is 10.4. The topological polar surface area (TPSA) is 37.3 Å². The van der Waals surface area contributed by atoms with Crippen LogP contribution >= 0.6 is 0 Å². The van der Waals surface area contributed by atoms with Crippen molar-refractivity contribution in [1.29, 1.82) is 0 Å². The average molecular weight is 296 g/mol. The molecule has 0 radical (unpaired) electrons. The molecule has 1 N–H and O–H groups in total. The van der Waals surface area contributed by atoms with Crippen LogP contribution in [-0.2, 0) is 4.79 Å². The average Bonchev–Trinajstić information content (AvgIpc) is 3.20. The number of hydrogen-bond acceptors (Lipinski definition) is 1. The highest BCUT2D eigenvalue weighted by atomic mass is 16.4. The third kappa shape index (κ3) is 10.8. The molecule has 0 bridgehead atoms. The summed E-state index contributed by atoms with van der Waals surface area (Å²) in [7, 11) is 0. The molecule has 2 heteroatoms. The Labute approximate surface area is 131 Å².